The number of hydrogen-bond donors (Lipinski definition) is 2. The van der Waals surface area contributed by atoms with Crippen molar-refractivity contribution in [2.75, 3.05) is 18.8 Å². The monoisotopic (exact) mass is 550 g/mol. The molecule has 5 rings (SSSR count). The van der Waals surface area contributed by atoms with Gasteiger partial charge < -0.3 is 15.5 Å². The number of nitrogens with two attached hydrogens (primary N) is 1. The van der Waals surface area contributed by atoms with E-state index in [1.807, 2.05) is 12.1 Å². The molecule has 0 unspecified atom stereocenters. The summed E-state index contributed by atoms with van der Waals surface area (Å²) in [6, 6.07) is 15.8. The van der Waals surface area contributed by atoms with Gasteiger partial charge in [0, 0.05) is 30.7 Å². The van der Waals surface area contributed by atoms with Gasteiger partial charge in [0.2, 0.25) is 15.9 Å². The van der Waals surface area contributed by atoms with Crippen molar-refractivity contribution in [3.8, 4) is 11.1 Å². The minimum absolute atomic E-state index is 0.0114. The van der Waals surface area contributed by atoms with Crippen LogP contribution in [0.1, 0.15) is 25.2 Å². The number of nitrogens with one attached hydrogen (secondary N) is 1. The second kappa shape index (κ2) is 9.90. The number of rotatable bonds is 7. The lowest BCUT2D eigenvalue weighted by Crippen LogP contribution is -2.55. The summed E-state index contributed by atoms with van der Waals surface area (Å²) in [5.41, 5.74) is 8.51. The maximum absolute atomic E-state index is 12.9. The van der Waals surface area contributed by atoms with Crippen molar-refractivity contribution < 1.29 is 17.6 Å². The summed E-state index contributed by atoms with van der Waals surface area (Å²) >= 11 is 6.51. The lowest BCUT2D eigenvalue weighted by molar-refractivity contribution is -0.116. The van der Waals surface area contributed by atoms with Gasteiger partial charge in [0.05, 0.1) is 16.5 Å². The van der Waals surface area contributed by atoms with E-state index in [2.05, 4.69) is 24.1 Å². The third-order valence-electron chi connectivity index (χ3n) is 6.33. The summed E-state index contributed by atoms with van der Waals surface area (Å²) < 4.78 is 33.1. The average molecular weight is 551 g/mol. The van der Waals surface area contributed by atoms with Crippen molar-refractivity contribution >= 4 is 50.4 Å². The minimum Gasteiger partial charge on any atom is -0.458 e. The molecule has 0 saturated carbocycles. The van der Waals surface area contributed by atoms with E-state index in [9.17, 15) is 13.2 Å². The van der Waals surface area contributed by atoms with Gasteiger partial charge in [-0.2, -0.15) is 4.31 Å². The molecule has 10 heteroatoms. The summed E-state index contributed by atoms with van der Waals surface area (Å²) in [7, 11) is -3.50. The molecule has 2 aromatic carbocycles. The number of sulfonamides is 1. The number of pyridine rings is 1. The molecule has 1 aliphatic heterocycles. The fourth-order valence-electron chi connectivity index (χ4n) is 4.38. The van der Waals surface area contributed by atoms with Crippen LogP contribution in [-0.4, -0.2) is 36.7 Å². The number of amides is 1. The van der Waals surface area contributed by atoms with Gasteiger partial charge in [-0.3, -0.25) is 4.79 Å². The molecule has 3 N–H and O–H groups in total. The van der Waals surface area contributed by atoms with Crippen molar-refractivity contribution in [2.45, 2.75) is 25.3 Å². The largest absolute Gasteiger partial charge is 0.458 e. The first-order valence-corrected chi connectivity index (χ1v) is 13.8. The first-order valence-electron chi connectivity index (χ1n) is 12.0. The van der Waals surface area contributed by atoms with Crippen LogP contribution in [0, 0.1) is 5.41 Å². The molecule has 1 amide bonds. The molecule has 0 atom stereocenters. The van der Waals surface area contributed by atoms with Gasteiger partial charge in [-0.1, -0.05) is 37.6 Å². The number of aromatic nitrogens is 1. The summed E-state index contributed by atoms with van der Waals surface area (Å²) in [4.78, 5) is 16.5. The Balaban J connectivity index is 1.28. The molecule has 4 aromatic rings. The van der Waals surface area contributed by atoms with E-state index in [1.165, 1.54) is 10.4 Å². The Kier molecular flexibility index (Phi) is 6.77. The van der Waals surface area contributed by atoms with E-state index in [0.29, 0.717) is 35.3 Å². The van der Waals surface area contributed by atoms with Gasteiger partial charge in [0.1, 0.15) is 11.6 Å². The van der Waals surface area contributed by atoms with Crippen molar-refractivity contribution in [3.05, 3.63) is 83.2 Å². The van der Waals surface area contributed by atoms with Crippen LogP contribution >= 0.6 is 11.6 Å². The number of nitrogens with zero attached hydrogens (tertiary/aromatic N) is 2. The van der Waals surface area contributed by atoms with Crippen molar-refractivity contribution in [1.29, 1.82) is 0 Å². The van der Waals surface area contributed by atoms with E-state index in [-0.39, 0.29) is 22.8 Å². The van der Waals surface area contributed by atoms with Gasteiger partial charge in [-0.05, 0) is 70.6 Å². The predicted octanol–water partition coefficient (Wildman–Crippen LogP) is 5.09. The molecule has 3 heterocycles. The number of nitrogen functional groups attached to an aromatic ring is 1. The molecule has 0 bridgehead atoms. The number of benzene rings is 2. The van der Waals surface area contributed by atoms with E-state index in [4.69, 9.17) is 21.8 Å². The maximum Gasteiger partial charge on any atom is 0.244 e. The number of fused-ring (bicyclic) bond motifs is 1. The molecule has 2 aromatic heterocycles. The van der Waals surface area contributed by atoms with Crippen LogP contribution in [0.4, 0.5) is 5.82 Å². The second-order valence-corrected chi connectivity index (χ2v) is 12.5. The number of carbonyl (C=O) groups excluding carboxylic acids is 1. The number of hydrogen-bond acceptors (Lipinski definition) is 6. The molecular weight excluding hydrogens is 524 g/mol. The van der Waals surface area contributed by atoms with Crippen LogP contribution in [0.2, 0.25) is 5.02 Å². The fraction of sp³-hybridized carbons (Fsp3) is 0.214. The van der Waals surface area contributed by atoms with Gasteiger partial charge >= 0.3 is 0 Å². The number of furan rings is 1. The van der Waals surface area contributed by atoms with Crippen molar-refractivity contribution in [3.63, 3.8) is 0 Å². The number of anilines is 1. The molecule has 38 heavy (non-hydrogen) atoms. The highest BCUT2D eigenvalue weighted by molar-refractivity contribution is 7.89. The quantitative estimate of drug-likeness (QED) is 0.309. The van der Waals surface area contributed by atoms with Crippen molar-refractivity contribution in [1.82, 2.24) is 14.6 Å². The molecule has 1 aliphatic rings. The van der Waals surface area contributed by atoms with E-state index >= 15 is 0 Å². The van der Waals surface area contributed by atoms with Crippen LogP contribution < -0.4 is 11.1 Å². The Labute approximate surface area is 226 Å². The Morgan fingerprint density at radius 1 is 1.13 bits per heavy atom. The number of carbonyl (C=O) groups is 1. The lowest BCUT2D eigenvalue weighted by Gasteiger charge is -2.44. The van der Waals surface area contributed by atoms with Crippen LogP contribution in [0.15, 0.2) is 76.2 Å². The predicted molar refractivity (Wildman–Crippen MR) is 149 cm³/mol. The topological polar surface area (TPSA) is 119 Å². The SMILES string of the molecule is CC1(C)CN(S(=O)(=O)c2ccc(-c3cc(Cl)c4oc(CNC(=O)/C=C/c5ccc(N)nc5)cc4c3)cc2)C1. The summed E-state index contributed by atoms with van der Waals surface area (Å²) in [5.74, 6) is 0.675. The van der Waals surface area contributed by atoms with Crippen LogP contribution in [0.5, 0.6) is 0 Å². The van der Waals surface area contributed by atoms with Gasteiger partial charge in [-0.25, -0.2) is 13.4 Å². The van der Waals surface area contributed by atoms with Gasteiger partial charge in [-0.15, -0.1) is 0 Å². The third-order valence-corrected chi connectivity index (χ3v) is 8.42. The molecule has 0 radical (unpaired) electrons. The normalized spacial score (nSPS) is 15.6. The minimum atomic E-state index is -3.50. The Morgan fingerprint density at radius 3 is 2.53 bits per heavy atom. The standard InChI is InChI=1S/C28H27ClN4O4S/c1-28(2)16-33(17-28)38(35,36)23-7-5-19(6-8-23)20-11-21-12-22(37-27(21)24(29)13-20)15-32-26(34)10-4-18-3-9-25(30)31-14-18/h3-14H,15-17H2,1-2H3,(H2,30,31)(H,32,34)/b10-4+. The lowest BCUT2D eigenvalue weighted by atomic mass is 9.87. The van der Waals surface area contributed by atoms with Crippen molar-refractivity contribution in [2.24, 2.45) is 5.41 Å². The molecule has 1 fully saturated rings. The first-order chi connectivity index (χ1) is 18.0. The fourth-order valence-corrected chi connectivity index (χ4v) is 6.47. The highest BCUT2D eigenvalue weighted by Gasteiger charge is 2.41. The average Bonchev–Trinajstić information content (AvgIpc) is 3.29. The zero-order valence-electron chi connectivity index (χ0n) is 20.9. The molecule has 8 nitrogen and oxygen atoms in total. The molecule has 0 aliphatic carbocycles. The Morgan fingerprint density at radius 2 is 1.87 bits per heavy atom. The first kappa shape index (κ1) is 26.0. The Bertz CT molecular complexity index is 1630. The molecule has 196 valence electrons. The second-order valence-electron chi connectivity index (χ2n) is 10.1. The highest BCUT2D eigenvalue weighted by Crippen LogP contribution is 2.36. The van der Waals surface area contributed by atoms with Gasteiger partial charge in [0.15, 0.2) is 5.58 Å². The van der Waals surface area contributed by atoms with Crippen LogP contribution in [-0.2, 0) is 21.4 Å². The van der Waals surface area contributed by atoms with Crippen LogP contribution in [0.25, 0.3) is 28.2 Å². The van der Waals surface area contributed by atoms with E-state index in [0.717, 1.165) is 22.1 Å². The molecule has 1 saturated heterocycles. The summed E-state index contributed by atoms with van der Waals surface area (Å²) in [6.07, 6.45) is 4.63. The number of halogens is 1. The highest BCUT2D eigenvalue weighted by atomic mass is 35.5. The third kappa shape index (κ3) is 5.45. The summed E-state index contributed by atoms with van der Waals surface area (Å²) in [6.45, 7) is 5.32. The smallest absolute Gasteiger partial charge is 0.244 e. The molecule has 0 spiro atoms. The van der Waals surface area contributed by atoms with E-state index < -0.39 is 10.0 Å². The maximum atomic E-state index is 12.9. The zero-order valence-corrected chi connectivity index (χ0v) is 22.5. The molecular formula is C28H27ClN4O4S. The zero-order chi connectivity index (χ0) is 27.1. The van der Waals surface area contributed by atoms with E-state index in [1.54, 1.807) is 54.7 Å². The Hall–Kier alpha value is -3.66. The van der Waals surface area contributed by atoms with Crippen LogP contribution in [0.3, 0.4) is 0 Å². The summed E-state index contributed by atoms with van der Waals surface area (Å²) in [5, 5.41) is 3.98. The van der Waals surface area contributed by atoms with Gasteiger partial charge in [0.25, 0.3) is 0 Å².